The van der Waals surface area contributed by atoms with Crippen molar-refractivity contribution in [3.63, 3.8) is 0 Å². The minimum atomic E-state index is -0.927. The fraction of sp³-hybridized carbons (Fsp3) is 0.500. The van der Waals surface area contributed by atoms with Gasteiger partial charge in [-0.3, -0.25) is 4.79 Å². The third-order valence-electron chi connectivity index (χ3n) is 3.96. The molecule has 5 heteroatoms. The number of ether oxygens (including phenoxy) is 1. The molecule has 1 saturated heterocycles. The SMILES string of the molecule is C[C@]1(C(=O)NC[C@@H]2CCCO2)CC(c2ccccc2)=NO1. The molecule has 21 heavy (non-hydrogen) atoms. The van der Waals surface area contributed by atoms with Crippen LogP contribution >= 0.6 is 0 Å². The van der Waals surface area contributed by atoms with Gasteiger partial charge in [-0.1, -0.05) is 35.5 Å². The molecule has 0 saturated carbocycles. The molecule has 0 unspecified atom stereocenters. The van der Waals surface area contributed by atoms with Gasteiger partial charge in [0.1, 0.15) is 0 Å². The highest BCUT2D eigenvalue weighted by Gasteiger charge is 2.42. The number of oxime groups is 1. The van der Waals surface area contributed by atoms with Gasteiger partial charge in [0, 0.05) is 19.6 Å². The van der Waals surface area contributed by atoms with Gasteiger partial charge in [0.05, 0.1) is 11.8 Å². The molecule has 2 atom stereocenters. The second kappa shape index (κ2) is 5.85. The van der Waals surface area contributed by atoms with Crippen molar-refractivity contribution in [2.75, 3.05) is 13.2 Å². The van der Waals surface area contributed by atoms with Crippen LogP contribution in [0.3, 0.4) is 0 Å². The van der Waals surface area contributed by atoms with E-state index in [-0.39, 0.29) is 12.0 Å². The van der Waals surface area contributed by atoms with Crippen LogP contribution in [0.15, 0.2) is 35.5 Å². The molecule has 5 nitrogen and oxygen atoms in total. The lowest BCUT2D eigenvalue weighted by Crippen LogP contribution is -2.46. The molecular formula is C16H20N2O3. The average Bonchev–Trinajstić information content (AvgIpc) is 3.16. The van der Waals surface area contributed by atoms with Crippen molar-refractivity contribution in [3.05, 3.63) is 35.9 Å². The summed E-state index contributed by atoms with van der Waals surface area (Å²) >= 11 is 0. The molecule has 3 rings (SSSR count). The van der Waals surface area contributed by atoms with E-state index in [1.165, 1.54) is 0 Å². The molecule has 1 aromatic carbocycles. The predicted molar refractivity (Wildman–Crippen MR) is 79.1 cm³/mol. The minimum absolute atomic E-state index is 0.132. The van der Waals surface area contributed by atoms with Crippen molar-refractivity contribution in [2.45, 2.75) is 37.9 Å². The number of nitrogens with one attached hydrogen (secondary N) is 1. The lowest BCUT2D eigenvalue weighted by molar-refractivity contribution is -0.142. The maximum Gasteiger partial charge on any atom is 0.267 e. The molecule has 1 N–H and O–H groups in total. The lowest BCUT2D eigenvalue weighted by atomic mass is 9.95. The van der Waals surface area contributed by atoms with Gasteiger partial charge in [0.15, 0.2) is 0 Å². The Balaban J connectivity index is 1.57. The lowest BCUT2D eigenvalue weighted by Gasteiger charge is -2.21. The summed E-state index contributed by atoms with van der Waals surface area (Å²) in [7, 11) is 0. The highest BCUT2D eigenvalue weighted by molar-refractivity contribution is 6.05. The zero-order valence-electron chi connectivity index (χ0n) is 12.2. The second-order valence-electron chi connectivity index (χ2n) is 5.75. The maximum absolute atomic E-state index is 12.3. The molecule has 2 heterocycles. The number of amides is 1. The highest BCUT2D eigenvalue weighted by atomic mass is 16.7. The number of carbonyl (C=O) groups excluding carboxylic acids is 1. The van der Waals surface area contributed by atoms with Crippen molar-refractivity contribution in [2.24, 2.45) is 5.16 Å². The number of nitrogens with zero attached hydrogens (tertiary/aromatic N) is 1. The van der Waals surface area contributed by atoms with Crippen LogP contribution in [-0.4, -0.2) is 36.5 Å². The molecule has 0 bridgehead atoms. The van der Waals surface area contributed by atoms with Gasteiger partial charge in [-0.25, -0.2) is 0 Å². The number of benzene rings is 1. The normalized spacial score (nSPS) is 28.0. The summed E-state index contributed by atoms with van der Waals surface area (Å²) in [5, 5.41) is 7.00. The minimum Gasteiger partial charge on any atom is -0.379 e. The Hall–Kier alpha value is -1.88. The Morgan fingerprint density at radius 2 is 2.24 bits per heavy atom. The van der Waals surface area contributed by atoms with E-state index in [1.807, 2.05) is 30.3 Å². The largest absolute Gasteiger partial charge is 0.379 e. The first-order valence-electron chi connectivity index (χ1n) is 7.38. The van der Waals surface area contributed by atoms with E-state index in [9.17, 15) is 4.79 Å². The van der Waals surface area contributed by atoms with Gasteiger partial charge < -0.3 is 14.9 Å². The Morgan fingerprint density at radius 1 is 1.43 bits per heavy atom. The molecule has 1 fully saturated rings. The fourth-order valence-electron chi connectivity index (χ4n) is 2.65. The van der Waals surface area contributed by atoms with E-state index in [0.717, 1.165) is 30.7 Å². The molecule has 0 aromatic heterocycles. The Bertz CT molecular complexity index is 538. The molecule has 1 aromatic rings. The third kappa shape index (κ3) is 3.08. The molecule has 0 radical (unpaired) electrons. The van der Waals surface area contributed by atoms with Gasteiger partial charge in [0.25, 0.3) is 5.91 Å². The van der Waals surface area contributed by atoms with Crippen LogP contribution in [-0.2, 0) is 14.4 Å². The van der Waals surface area contributed by atoms with Crippen LogP contribution in [0.1, 0.15) is 31.7 Å². The molecule has 2 aliphatic heterocycles. The van der Waals surface area contributed by atoms with Crippen LogP contribution < -0.4 is 5.32 Å². The van der Waals surface area contributed by atoms with Crippen molar-refractivity contribution in [3.8, 4) is 0 Å². The Labute approximate surface area is 124 Å². The van der Waals surface area contributed by atoms with E-state index >= 15 is 0 Å². The van der Waals surface area contributed by atoms with Gasteiger partial charge in [0.2, 0.25) is 5.60 Å². The zero-order valence-corrected chi connectivity index (χ0v) is 12.2. The molecule has 112 valence electrons. The monoisotopic (exact) mass is 288 g/mol. The first-order chi connectivity index (χ1) is 10.2. The standard InChI is InChI=1S/C16H20N2O3/c1-16(15(19)17-11-13-8-5-9-20-13)10-14(18-21-16)12-6-3-2-4-7-12/h2-4,6-7,13H,5,8-11H2,1H3,(H,17,19)/t13-,16+/m0/s1. The third-order valence-corrected chi connectivity index (χ3v) is 3.96. The maximum atomic E-state index is 12.3. The Morgan fingerprint density at radius 3 is 2.95 bits per heavy atom. The summed E-state index contributed by atoms with van der Waals surface area (Å²) in [5.41, 5.74) is 0.877. The average molecular weight is 288 g/mol. The second-order valence-corrected chi connectivity index (χ2v) is 5.75. The van der Waals surface area contributed by atoms with Crippen molar-refractivity contribution >= 4 is 11.6 Å². The zero-order chi connectivity index (χ0) is 14.7. The van der Waals surface area contributed by atoms with Crippen LogP contribution in [0.4, 0.5) is 0 Å². The van der Waals surface area contributed by atoms with Gasteiger partial charge in [-0.2, -0.15) is 0 Å². The molecule has 1 amide bonds. The molecule has 0 spiro atoms. The van der Waals surface area contributed by atoms with Gasteiger partial charge in [-0.05, 0) is 25.3 Å². The highest BCUT2D eigenvalue weighted by Crippen LogP contribution is 2.26. The van der Waals surface area contributed by atoms with E-state index < -0.39 is 5.60 Å². The first kappa shape index (κ1) is 14.1. The van der Waals surface area contributed by atoms with Crippen molar-refractivity contribution < 1.29 is 14.4 Å². The number of carbonyl (C=O) groups is 1. The predicted octanol–water partition coefficient (Wildman–Crippen LogP) is 1.86. The summed E-state index contributed by atoms with van der Waals surface area (Å²) in [4.78, 5) is 17.8. The molecule has 2 aliphatic rings. The quantitative estimate of drug-likeness (QED) is 0.920. The first-order valence-corrected chi connectivity index (χ1v) is 7.38. The Kier molecular flexibility index (Phi) is 3.92. The van der Waals surface area contributed by atoms with Crippen LogP contribution in [0, 0.1) is 0 Å². The smallest absolute Gasteiger partial charge is 0.267 e. The van der Waals surface area contributed by atoms with E-state index in [0.29, 0.717) is 13.0 Å². The van der Waals surface area contributed by atoms with E-state index in [4.69, 9.17) is 9.57 Å². The van der Waals surface area contributed by atoms with Gasteiger partial charge >= 0.3 is 0 Å². The summed E-state index contributed by atoms with van der Waals surface area (Å²) in [6, 6.07) is 9.79. The summed E-state index contributed by atoms with van der Waals surface area (Å²) in [6.45, 7) is 3.10. The fourth-order valence-corrected chi connectivity index (χ4v) is 2.65. The topological polar surface area (TPSA) is 59.9 Å². The molecular weight excluding hydrogens is 268 g/mol. The van der Waals surface area contributed by atoms with Gasteiger partial charge in [-0.15, -0.1) is 0 Å². The molecule has 0 aliphatic carbocycles. The van der Waals surface area contributed by atoms with Crippen LogP contribution in [0.25, 0.3) is 0 Å². The van der Waals surface area contributed by atoms with Crippen LogP contribution in [0.2, 0.25) is 0 Å². The summed E-state index contributed by atoms with van der Waals surface area (Å²) in [6.07, 6.45) is 2.68. The van der Waals surface area contributed by atoms with Crippen LogP contribution in [0.5, 0.6) is 0 Å². The van der Waals surface area contributed by atoms with Crippen molar-refractivity contribution in [1.82, 2.24) is 5.32 Å². The number of rotatable bonds is 4. The summed E-state index contributed by atoms with van der Waals surface area (Å²) < 4.78 is 5.51. The van der Waals surface area contributed by atoms with E-state index in [1.54, 1.807) is 6.92 Å². The number of hydrogen-bond donors (Lipinski definition) is 1. The number of hydrogen-bond acceptors (Lipinski definition) is 4. The van der Waals surface area contributed by atoms with Crippen molar-refractivity contribution in [1.29, 1.82) is 0 Å². The van der Waals surface area contributed by atoms with E-state index in [2.05, 4.69) is 10.5 Å². The summed E-state index contributed by atoms with van der Waals surface area (Å²) in [5.74, 6) is -0.132.